The van der Waals surface area contributed by atoms with E-state index in [1.807, 2.05) is 6.92 Å². The summed E-state index contributed by atoms with van der Waals surface area (Å²) in [5, 5.41) is 102. The fourth-order valence-corrected chi connectivity index (χ4v) is 4.72. The summed E-state index contributed by atoms with van der Waals surface area (Å²) in [5.74, 6) is 0. The Kier molecular flexibility index (Phi) is 11.4. The first kappa shape index (κ1) is 30.9. The fraction of sp³-hybridized carbons (Fsp3) is 1.00. The van der Waals surface area contributed by atoms with Gasteiger partial charge in [0.25, 0.3) is 0 Å². The molecule has 3 fully saturated rings. The minimum absolute atomic E-state index is 0.335. The lowest BCUT2D eigenvalue weighted by Gasteiger charge is -2.48. The normalized spacial score (nSPS) is 49.2. The second kappa shape index (κ2) is 13.6. The maximum absolute atomic E-state index is 10.8. The first-order chi connectivity index (χ1) is 17.5. The molecule has 0 amide bonds. The maximum atomic E-state index is 10.8. The summed E-state index contributed by atoms with van der Waals surface area (Å²) in [7, 11) is 0. The van der Waals surface area contributed by atoms with Gasteiger partial charge in [0.15, 0.2) is 18.9 Å². The van der Waals surface area contributed by atoms with Crippen molar-refractivity contribution in [1.82, 2.24) is 0 Å². The van der Waals surface area contributed by atoms with Gasteiger partial charge in [-0.15, -0.1) is 0 Å². The Labute approximate surface area is 213 Å². The van der Waals surface area contributed by atoms with E-state index < -0.39 is 105 Å². The minimum atomic E-state index is -1.83. The van der Waals surface area contributed by atoms with Crippen LogP contribution >= 0.6 is 0 Å². The van der Waals surface area contributed by atoms with Gasteiger partial charge in [0.1, 0.15) is 67.1 Å². The lowest BCUT2D eigenvalue weighted by molar-refractivity contribution is -0.386. The van der Waals surface area contributed by atoms with E-state index in [0.29, 0.717) is 12.8 Å². The topological polar surface area (TPSA) is 248 Å². The van der Waals surface area contributed by atoms with E-state index in [-0.39, 0.29) is 0 Å². The molecule has 3 rings (SSSR count). The van der Waals surface area contributed by atoms with Crippen LogP contribution < -0.4 is 0 Å². The average Bonchev–Trinajstić information content (AvgIpc) is 2.89. The third-order valence-corrected chi connectivity index (χ3v) is 7.01. The van der Waals surface area contributed by atoms with E-state index >= 15 is 0 Å². The highest BCUT2D eigenvalue weighted by molar-refractivity contribution is 4.96. The van der Waals surface area contributed by atoms with Crippen LogP contribution in [-0.4, -0.2) is 156 Å². The minimum Gasteiger partial charge on any atom is -0.394 e. The molecule has 3 heterocycles. The molecular weight excluding hydrogens is 504 g/mol. The summed E-state index contributed by atoms with van der Waals surface area (Å²) in [6, 6.07) is 0. The van der Waals surface area contributed by atoms with Crippen molar-refractivity contribution in [3.05, 3.63) is 0 Å². The molecule has 0 saturated carbocycles. The van der Waals surface area contributed by atoms with Gasteiger partial charge in [-0.3, -0.25) is 0 Å². The molecule has 15 nitrogen and oxygen atoms in total. The summed E-state index contributed by atoms with van der Waals surface area (Å²) in [6.07, 6.45) is -21.3. The van der Waals surface area contributed by atoms with Gasteiger partial charge in [0, 0.05) is 0 Å². The molecule has 0 spiro atoms. The Morgan fingerprint density at radius 1 is 0.541 bits per heavy atom. The molecule has 15 heteroatoms. The van der Waals surface area contributed by atoms with Crippen LogP contribution in [-0.2, 0) is 23.7 Å². The Hall–Kier alpha value is -0.600. The summed E-state index contributed by atoms with van der Waals surface area (Å²) < 4.78 is 27.6. The van der Waals surface area contributed by atoms with Crippen molar-refractivity contribution in [3.8, 4) is 0 Å². The Morgan fingerprint density at radius 2 is 1.11 bits per heavy atom. The van der Waals surface area contributed by atoms with Gasteiger partial charge in [-0.25, -0.2) is 0 Å². The van der Waals surface area contributed by atoms with Crippen LogP contribution in [0.15, 0.2) is 0 Å². The number of hydrogen-bond acceptors (Lipinski definition) is 15. The van der Waals surface area contributed by atoms with E-state index in [1.165, 1.54) is 0 Å². The Balaban J connectivity index is 1.81. The van der Waals surface area contributed by atoms with Gasteiger partial charge >= 0.3 is 0 Å². The maximum Gasteiger partial charge on any atom is 0.187 e. The van der Waals surface area contributed by atoms with Gasteiger partial charge in [-0.05, 0) is 6.42 Å². The number of rotatable bonds is 10. The molecule has 0 aromatic heterocycles. The summed E-state index contributed by atoms with van der Waals surface area (Å²) in [4.78, 5) is 0. The summed E-state index contributed by atoms with van der Waals surface area (Å²) >= 11 is 0. The summed E-state index contributed by atoms with van der Waals surface area (Å²) in [6.45, 7) is 0.464. The number of unbranched alkanes of at least 4 members (excludes halogenated alkanes) is 2. The van der Waals surface area contributed by atoms with E-state index in [0.717, 1.165) is 12.8 Å². The summed E-state index contributed by atoms with van der Waals surface area (Å²) in [5.41, 5.74) is 0. The van der Waals surface area contributed by atoms with E-state index in [9.17, 15) is 51.1 Å². The van der Waals surface area contributed by atoms with Gasteiger partial charge in [-0.1, -0.05) is 26.2 Å². The molecule has 3 aliphatic heterocycles. The lowest BCUT2D eigenvalue weighted by atomic mass is 9.94. The molecule has 10 N–H and O–H groups in total. The monoisotopic (exact) mass is 544 g/mol. The van der Waals surface area contributed by atoms with Crippen molar-refractivity contribution in [2.75, 3.05) is 13.2 Å². The molecule has 0 aromatic rings. The molecular formula is C22H40O15. The van der Waals surface area contributed by atoms with Crippen LogP contribution in [0.4, 0.5) is 0 Å². The molecule has 3 aliphatic rings. The van der Waals surface area contributed by atoms with Crippen molar-refractivity contribution >= 4 is 0 Å². The quantitative estimate of drug-likeness (QED) is 0.116. The van der Waals surface area contributed by atoms with Crippen LogP contribution in [0.1, 0.15) is 32.6 Å². The molecule has 218 valence electrons. The highest BCUT2D eigenvalue weighted by Crippen LogP contribution is 2.33. The molecule has 3 saturated heterocycles. The van der Waals surface area contributed by atoms with Crippen molar-refractivity contribution in [1.29, 1.82) is 0 Å². The molecule has 15 atom stereocenters. The average molecular weight is 545 g/mol. The highest BCUT2D eigenvalue weighted by atomic mass is 16.8. The Bertz CT molecular complexity index is 684. The number of hydrogen-bond donors (Lipinski definition) is 10. The van der Waals surface area contributed by atoms with Crippen molar-refractivity contribution in [2.24, 2.45) is 0 Å². The zero-order chi connectivity index (χ0) is 27.4. The van der Waals surface area contributed by atoms with Gasteiger partial charge in [0.05, 0.1) is 19.3 Å². The fourth-order valence-electron chi connectivity index (χ4n) is 4.72. The van der Waals surface area contributed by atoms with Crippen LogP contribution in [0.3, 0.4) is 0 Å². The second-order valence-corrected chi connectivity index (χ2v) is 9.65. The first-order valence-corrected chi connectivity index (χ1v) is 12.5. The molecule has 37 heavy (non-hydrogen) atoms. The number of ether oxygens (including phenoxy) is 5. The lowest BCUT2D eigenvalue weighted by Crippen LogP contribution is -2.66. The van der Waals surface area contributed by atoms with E-state index in [1.54, 1.807) is 0 Å². The highest BCUT2D eigenvalue weighted by Gasteiger charge is 2.53. The largest absolute Gasteiger partial charge is 0.394 e. The second-order valence-electron chi connectivity index (χ2n) is 9.65. The van der Waals surface area contributed by atoms with E-state index in [2.05, 4.69) is 0 Å². The van der Waals surface area contributed by atoms with Gasteiger partial charge < -0.3 is 74.7 Å². The molecule has 0 aliphatic carbocycles. The molecule has 0 radical (unpaired) electrons. The van der Waals surface area contributed by atoms with E-state index in [4.69, 9.17) is 23.7 Å². The third kappa shape index (κ3) is 6.77. The smallest absolute Gasteiger partial charge is 0.187 e. The molecule has 0 bridgehead atoms. The predicted octanol–water partition coefficient (Wildman–Crippen LogP) is -4.98. The molecule has 1 unspecified atom stereocenters. The van der Waals surface area contributed by atoms with Gasteiger partial charge in [0.2, 0.25) is 0 Å². The van der Waals surface area contributed by atoms with Crippen LogP contribution in [0, 0.1) is 0 Å². The number of aliphatic hydroxyl groups is 10. The van der Waals surface area contributed by atoms with Crippen LogP contribution in [0.25, 0.3) is 0 Å². The molecule has 0 aromatic carbocycles. The Morgan fingerprint density at radius 3 is 1.73 bits per heavy atom. The van der Waals surface area contributed by atoms with Crippen molar-refractivity contribution in [2.45, 2.75) is 125 Å². The van der Waals surface area contributed by atoms with Crippen molar-refractivity contribution < 1.29 is 74.7 Å². The first-order valence-electron chi connectivity index (χ1n) is 12.5. The van der Waals surface area contributed by atoms with Gasteiger partial charge in [-0.2, -0.15) is 0 Å². The third-order valence-electron chi connectivity index (χ3n) is 7.01. The zero-order valence-electron chi connectivity index (χ0n) is 20.4. The SMILES string of the molecule is CCCCC[C@@H]1O[C@@H](O[C@H]2[C@H](O[C@H]3[C@H](O)[C@@H](O)C(O)O[C@@H]3CO)O[C@H](CO)[C@H](O)[C@@H]2O)[C@@H](O)[C@H](O)[C@@H]1O. The number of aliphatic hydroxyl groups excluding tert-OH is 10. The van der Waals surface area contributed by atoms with Crippen LogP contribution in [0.2, 0.25) is 0 Å². The van der Waals surface area contributed by atoms with Crippen LogP contribution in [0.5, 0.6) is 0 Å². The van der Waals surface area contributed by atoms with Crippen molar-refractivity contribution in [3.63, 3.8) is 0 Å². The predicted molar refractivity (Wildman–Crippen MR) is 118 cm³/mol. The zero-order valence-corrected chi connectivity index (χ0v) is 20.4. The standard InChI is InChI=1S/C22H40O15/c1-2-3-4-5-8-11(25)13(27)17(31)21(34-8)37-19-14(28)12(26)9(6-23)35-22(19)36-18-10(7-24)33-20(32)16(30)15(18)29/h8-32H,2-7H2,1H3/t8-,9+,10+,11+,12-,13+,14-,15+,16+,17-,18+,19+,20?,21-,22-/m0/s1.